The Balaban J connectivity index is 1.11. The minimum atomic E-state index is -0.330. The molecular weight excluding hydrogens is 500 g/mol. The predicted molar refractivity (Wildman–Crippen MR) is 163 cm³/mol. The van der Waals surface area contributed by atoms with Gasteiger partial charge in [0.2, 0.25) is 0 Å². The number of aliphatic hydroxyl groups is 1. The number of ether oxygens (including phenoxy) is 3. The Morgan fingerprint density at radius 1 is 0.750 bits per heavy atom. The van der Waals surface area contributed by atoms with Crippen molar-refractivity contribution in [3.05, 3.63) is 11.6 Å². The van der Waals surface area contributed by atoms with Crippen molar-refractivity contribution < 1.29 is 24.1 Å². The highest BCUT2D eigenvalue weighted by molar-refractivity contribution is 5.90. The zero-order valence-corrected chi connectivity index (χ0v) is 26.1. The number of carbonyl (C=O) groups excluding carboxylic acids is 1. The first-order valence-electron chi connectivity index (χ1n) is 17.5. The molecular formula is C35H62O5. The number of carbonyl (C=O) groups is 1. The van der Waals surface area contributed by atoms with Gasteiger partial charge in [-0.15, -0.1) is 0 Å². The van der Waals surface area contributed by atoms with Crippen molar-refractivity contribution in [2.75, 3.05) is 0 Å². The van der Waals surface area contributed by atoms with E-state index in [0.717, 1.165) is 50.5 Å². The zero-order valence-electron chi connectivity index (χ0n) is 26.1. The Labute approximate surface area is 246 Å². The first-order valence-corrected chi connectivity index (χ1v) is 17.5. The van der Waals surface area contributed by atoms with Gasteiger partial charge in [0.25, 0.3) is 0 Å². The van der Waals surface area contributed by atoms with Crippen LogP contribution in [-0.4, -0.2) is 47.7 Å². The molecule has 2 saturated heterocycles. The maximum Gasteiger partial charge on any atom is 0.334 e. The van der Waals surface area contributed by atoms with E-state index in [2.05, 4.69) is 6.92 Å². The van der Waals surface area contributed by atoms with Gasteiger partial charge in [-0.2, -0.15) is 0 Å². The van der Waals surface area contributed by atoms with Gasteiger partial charge in [-0.25, -0.2) is 4.79 Å². The number of hydrogen-bond donors (Lipinski definition) is 1. The molecule has 0 aromatic rings. The van der Waals surface area contributed by atoms with Crippen molar-refractivity contribution in [3.8, 4) is 0 Å². The lowest BCUT2D eigenvalue weighted by atomic mass is 10.0. The van der Waals surface area contributed by atoms with E-state index in [-0.39, 0.29) is 36.5 Å². The Bertz CT molecular complexity index is 706. The second kappa shape index (κ2) is 20.1. The standard InChI is InChI=1S/C35H62O5/c1-3-4-5-6-7-8-12-15-18-21-30-23-24-33(39-30)34-26-25-32(40-34)31(36)22-19-16-13-10-9-11-14-17-20-29-27-28(2)38-35(29)37/h27-28,30-34,36H,3-26H2,1-2H3/t28-,30?,31?,32?,33?,34?/m0/s1. The lowest BCUT2D eigenvalue weighted by Crippen LogP contribution is -2.31. The summed E-state index contributed by atoms with van der Waals surface area (Å²) in [5.74, 6) is -0.117. The monoisotopic (exact) mass is 562 g/mol. The summed E-state index contributed by atoms with van der Waals surface area (Å²) in [6.07, 6.45) is 31.6. The van der Waals surface area contributed by atoms with Gasteiger partial charge in [0.1, 0.15) is 6.10 Å². The number of unbranched alkanes of at least 4 members (excludes halogenated alkanes) is 15. The van der Waals surface area contributed by atoms with Crippen LogP contribution in [0.25, 0.3) is 0 Å². The summed E-state index contributed by atoms with van der Waals surface area (Å²) >= 11 is 0. The van der Waals surface area contributed by atoms with Crippen LogP contribution in [0.3, 0.4) is 0 Å². The highest BCUT2D eigenvalue weighted by Gasteiger charge is 2.39. The molecule has 40 heavy (non-hydrogen) atoms. The van der Waals surface area contributed by atoms with Gasteiger partial charge in [-0.05, 0) is 64.4 Å². The lowest BCUT2D eigenvalue weighted by Gasteiger charge is -2.23. The van der Waals surface area contributed by atoms with Gasteiger partial charge in [-0.1, -0.05) is 110 Å². The average molecular weight is 563 g/mol. The molecule has 0 saturated carbocycles. The lowest BCUT2D eigenvalue weighted by molar-refractivity contribution is -0.139. The second-order valence-electron chi connectivity index (χ2n) is 13.0. The summed E-state index contributed by atoms with van der Waals surface area (Å²) in [5.41, 5.74) is 0.868. The summed E-state index contributed by atoms with van der Waals surface area (Å²) in [7, 11) is 0. The van der Waals surface area contributed by atoms with Crippen molar-refractivity contribution in [2.45, 2.75) is 205 Å². The van der Waals surface area contributed by atoms with E-state index in [0.29, 0.717) is 6.10 Å². The third kappa shape index (κ3) is 12.9. The van der Waals surface area contributed by atoms with E-state index < -0.39 is 0 Å². The van der Waals surface area contributed by atoms with Crippen LogP contribution < -0.4 is 0 Å². The van der Waals surface area contributed by atoms with E-state index in [1.807, 2.05) is 13.0 Å². The fourth-order valence-electron chi connectivity index (χ4n) is 6.88. The topological polar surface area (TPSA) is 65.0 Å². The van der Waals surface area contributed by atoms with Crippen LogP contribution in [0.15, 0.2) is 11.6 Å². The molecule has 5 unspecified atom stereocenters. The Morgan fingerprint density at radius 3 is 1.98 bits per heavy atom. The van der Waals surface area contributed by atoms with Gasteiger partial charge in [-0.3, -0.25) is 0 Å². The summed E-state index contributed by atoms with van der Waals surface area (Å²) < 4.78 is 17.9. The maximum absolute atomic E-state index is 11.6. The Kier molecular flexibility index (Phi) is 16.9. The van der Waals surface area contributed by atoms with Crippen LogP contribution in [0.1, 0.15) is 168 Å². The molecule has 5 nitrogen and oxygen atoms in total. The highest BCUT2D eigenvalue weighted by Crippen LogP contribution is 2.34. The number of aliphatic hydroxyl groups excluding tert-OH is 1. The van der Waals surface area contributed by atoms with Crippen molar-refractivity contribution >= 4 is 5.97 Å². The fraction of sp³-hybridized carbons (Fsp3) is 0.914. The molecule has 0 aromatic carbocycles. The van der Waals surface area contributed by atoms with Crippen LogP contribution >= 0.6 is 0 Å². The molecule has 0 aromatic heterocycles. The minimum Gasteiger partial charge on any atom is -0.455 e. The summed E-state index contributed by atoms with van der Waals surface area (Å²) in [5, 5.41) is 10.7. The predicted octanol–water partition coefficient (Wildman–Crippen LogP) is 9.14. The molecule has 0 spiro atoms. The normalized spacial score (nSPS) is 27.3. The van der Waals surface area contributed by atoms with Crippen LogP contribution in [0.2, 0.25) is 0 Å². The van der Waals surface area contributed by atoms with Crippen molar-refractivity contribution in [1.82, 2.24) is 0 Å². The third-order valence-corrected chi connectivity index (χ3v) is 9.39. The van der Waals surface area contributed by atoms with E-state index >= 15 is 0 Å². The number of esters is 1. The smallest absolute Gasteiger partial charge is 0.334 e. The third-order valence-electron chi connectivity index (χ3n) is 9.39. The SMILES string of the molecule is CCCCCCCCCCCC1CCC(C2CCC(C(O)CCCCCCCCCCC3=C[C@H](C)OC3=O)O2)O1. The zero-order chi connectivity index (χ0) is 28.4. The highest BCUT2D eigenvalue weighted by atomic mass is 16.6. The van der Waals surface area contributed by atoms with Gasteiger partial charge in [0.15, 0.2) is 0 Å². The molecule has 3 aliphatic heterocycles. The van der Waals surface area contributed by atoms with E-state index in [9.17, 15) is 9.90 Å². The molecule has 3 rings (SSSR count). The van der Waals surface area contributed by atoms with Crippen molar-refractivity contribution in [3.63, 3.8) is 0 Å². The first-order chi connectivity index (χ1) is 19.6. The van der Waals surface area contributed by atoms with E-state index in [1.54, 1.807) is 0 Å². The molecule has 2 fully saturated rings. The molecule has 0 amide bonds. The van der Waals surface area contributed by atoms with Crippen LogP contribution in [0, 0.1) is 0 Å². The van der Waals surface area contributed by atoms with Crippen molar-refractivity contribution in [2.24, 2.45) is 0 Å². The number of cyclic esters (lactones) is 1. The van der Waals surface area contributed by atoms with Gasteiger partial charge in [0.05, 0.1) is 30.5 Å². The summed E-state index contributed by atoms with van der Waals surface area (Å²) in [6.45, 7) is 4.20. The van der Waals surface area contributed by atoms with E-state index in [1.165, 1.54) is 109 Å². The quantitative estimate of drug-likeness (QED) is 0.0993. The second-order valence-corrected chi connectivity index (χ2v) is 13.0. The van der Waals surface area contributed by atoms with Gasteiger partial charge >= 0.3 is 5.97 Å². The van der Waals surface area contributed by atoms with Crippen molar-refractivity contribution in [1.29, 1.82) is 0 Å². The van der Waals surface area contributed by atoms with E-state index in [4.69, 9.17) is 14.2 Å². The maximum atomic E-state index is 11.6. The molecule has 5 heteroatoms. The Hall–Kier alpha value is -0.910. The molecule has 6 atom stereocenters. The van der Waals surface area contributed by atoms with Crippen LogP contribution in [0.4, 0.5) is 0 Å². The average Bonchev–Trinajstić information content (AvgIpc) is 3.69. The minimum absolute atomic E-state index is 0.000211. The molecule has 1 N–H and O–H groups in total. The molecule has 3 aliphatic rings. The Morgan fingerprint density at radius 2 is 1.32 bits per heavy atom. The fourth-order valence-corrected chi connectivity index (χ4v) is 6.88. The largest absolute Gasteiger partial charge is 0.455 e. The summed E-state index contributed by atoms with van der Waals surface area (Å²) in [6, 6.07) is 0. The number of hydrogen-bond acceptors (Lipinski definition) is 5. The molecule has 0 aliphatic carbocycles. The molecule has 0 bridgehead atoms. The first kappa shape index (κ1) is 33.6. The molecule has 232 valence electrons. The summed E-state index contributed by atoms with van der Waals surface area (Å²) in [4.78, 5) is 11.6. The van der Waals surface area contributed by atoms with Crippen LogP contribution in [0.5, 0.6) is 0 Å². The van der Waals surface area contributed by atoms with Crippen LogP contribution in [-0.2, 0) is 19.0 Å². The molecule has 3 heterocycles. The van der Waals surface area contributed by atoms with Gasteiger partial charge in [0, 0.05) is 5.57 Å². The van der Waals surface area contributed by atoms with Gasteiger partial charge < -0.3 is 19.3 Å². The molecule has 0 radical (unpaired) electrons. The number of rotatable bonds is 23.